The van der Waals surface area contributed by atoms with Gasteiger partial charge in [0, 0.05) is 19.5 Å². The zero-order chi connectivity index (χ0) is 12.7. The van der Waals surface area contributed by atoms with Gasteiger partial charge in [0.25, 0.3) is 0 Å². The lowest BCUT2D eigenvalue weighted by atomic mass is 9.93. The molecule has 0 aromatic carbocycles. The lowest BCUT2D eigenvalue weighted by Gasteiger charge is -2.31. The van der Waals surface area contributed by atoms with E-state index in [4.69, 9.17) is 0 Å². The normalized spacial score (nSPS) is 16.9. The number of thioether (sulfide) groups is 1. The summed E-state index contributed by atoms with van der Waals surface area (Å²) in [4.78, 5) is 24.8. The van der Waals surface area contributed by atoms with Crippen LogP contribution in [0.15, 0.2) is 0 Å². The number of carbonyl (C=O) groups is 2. The lowest BCUT2D eigenvalue weighted by Crippen LogP contribution is -2.39. The Labute approximate surface area is 107 Å². The molecule has 0 aliphatic carbocycles. The van der Waals surface area contributed by atoms with Crippen molar-refractivity contribution in [2.75, 3.05) is 31.7 Å². The highest BCUT2D eigenvalue weighted by Gasteiger charge is 2.24. The summed E-state index contributed by atoms with van der Waals surface area (Å²) in [5.41, 5.74) is 0. The molecule has 1 heterocycles. The second-order valence-electron chi connectivity index (χ2n) is 4.24. The molecular weight excluding hydrogens is 238 g/mol. The third kappa shape index (κ3) is 4.98. The van der Waals surface area contributed by atoms with Crippen LogP contribution in [0.5, 0.6) is 0 Å². The molecule has 0 unspecified atom stereocenters. The van der Waals surface area contributed by atoms with E-state index < -0.39 is 0 Å². The maximum atomic E-state index is 11.8. The Hall–Kier alpha value is -0.710. The van der Waals surface area contributed by atoms with E-state index in [1.165, 1.54) is 7.11 Å². The molecule has 1 aliphatic heterocycles. The predicted molar refractivity (Wildman–Crippen MR) is 68.9 cm³/mol. The Kier molecular flexibility index (Phi) is 6.40. The van der Waals surface area contributed by atoms with Crippen molar-refractivity contribution in [1.29, 1.82) is 0 Å². The van der Waals surface area contributed by atoms with Crippen LogP contribution >= 0.6 is 11.8 Å². The van der Waals surface area contributed by atoms with Gasteiger partial charge in [0.2, 0.25) is 5.91 Å². The summed E-state index contributed by atoms with van der Waals surface area (Å²) in [5, 5.41) is 0. The number of ether oxygens (including phenoxy) is 1. The molecule has 0 aromatic heterocycles. The van der Waals surface area contributed by atoms with Gasteiger partial charge in [-0.1, -0.05) is 6.92 Å². The highest BCUT2D eigenvalue weighted by Crippen LogP contribution is 2.21. The van der Waals surface area contributed by atoms with E-state index in [0.717, 1.165) is 31.7 Å². The molecule has 4 nitrogen and oxygen atoms in total. The standard InChI is InChI=1S/C12H21NO3S/c1-3-17-9-11(14)13-6-4-10(5-7-13)8-12(15)16-2/h10H,3-9H2,1-2H3. The Morgan fingerprint density at radius 3 is 2.53 bits per heavy atom. The molecule has 0 radical (unpaired) electrons. The number of piperidine rings is 1. The van der Waals surface area contributed by atoms with Gasteiger partial charge in [-0.05, 0) is 24.5 Å². The highest BCUT2D eigenvalue weighted by atomic mass is 32.2. The number of likely N-dealkylation sites (tertiary alicyclic amines) is 1. The van der Waals surface area contributed by atoms with Gasteiger partial charge in [0.05, 0.1) is 12.9 Å². The average molecular weight is 259 g/mol. The van der Waals surface area contributed by atoms with E-state index in [-0.39, 0.29) is 11.9 Å². The predicted octanol–water partition coefficient (Wildman–Crippen LogP) is 1.54. The minimum atomic E-state index is -0.142. The summed E-state index contributed by atoms with van der Waals surface area (Å²) in [7, 11) is 1.42. The first-order chi connectivity index (χ1) is 8.17. The fraction of sp³-hybridized carbons (Fsp3) is 0.833. The largest absolute Gasteiger partial charge is 0.469 e. The number of hydrogen-bond acceptors (Lipinski definition) is 4. The van der Waals surface area contributed by atoms with E-state index in [1.807, 2.05) is 4.90 Å². The molecule has 17 heavy (non-hydrogen) atoms. The third-order valence-electron chi connectivity index (χ3n) is 3.08. The van der Waals surface area contributed by atoms with Crippen molar-refractivity contribution >= 4 is 23.6 Å². The first-order valence-electron chi connectivity index (χ1n) is 6.09. The van der Waals surface area contributed by atoms with Crippen LogP contribution in [0, 0.1) is 5.92 Å². The number of hydrogen-bond donors (Lipinski definition) is 0. The van der Waals surface area contributed by atoms with Crippen molar-refractivity contribution in [2.24, 2.45) is 5.92 Å². The SMILES string of the molecule is CCSCC(=O)N1CCC(CC(=O)OC)CC1. The van der Waals surface area contributed by atoms with Crippen molar-refractivity contribution in [3.05, 3.63) is 0 Å². The van der Waals surface area contributed by atoms with Crippen molar-refractivity contribution in [1.82, 2.24) is 4.90 Å². The van der Waals surface area contributed by atoms with Gasteiger partial charge < -0.3 is 9.64 Å². The molecule has 0 spiro atoms. The second-order valence-corrected chi connectivity index (χ2v) is 5.52. The van der Waals surface area contributed by atoms with Gasteiger partial charge in [0.15, 0.2) is 0 Å². The molecule has 1 amide bonds. The quantitative estimate of drug-likeness (QED) is 0.703. The van der Waals surface area contributed by atoms with Gasteiger partial charge in [-0.2, -0.15) is 11.8 Å². The van der Waals surface area contributed by atoms with Crippen LogP contribution < -0.4 is 0 Å². The molecule has 1 fully saturated rings. The second kappa shape index (κ2) is 7.58. The number of methoxy groups -OCH3 is 1. The Bertz CT molecular complexity index is 262. The molecule has 0 atom stereocenters. The summed E-state index contributed by atoms with van der Waals surface area (Å²) in [6, 6.07) is 0. The van der Waals surface area contributed by atoms with Crippen LogP contribution in [0.4, 0.5) is 0 Å². The van der Waals surface area contributed by atoms with E-state index in [9.17, 15) is 9.59 Å². The van der Waals surface area contributed by atoms with Crippen molar-refractivity contribution < 1.29 is 14.3 Å². The fourth-order valence-corrected chi connectivity index (χ4v) is 2.55. The molecular formula is C12H21NO3S. The van der Waals surface area contributed by atoms with Gasteiger partial charge in [0.1, 0.15) is 0 Å². The maximum Gasteiger partial charge on any atom is 0.305 e. The third-order valence-corrected chi connectivity index (χ3v) is 3.94. The van der Waals surface area contributed by atoms with Crippen LogP contribution in [-0.2, 0) is 14.3 Å². The van der Waals surface area contributed by atoms with Crippen LogP contribution in [-0.4, -0.2) is 48.5 Å². The van der Waals surface area contributed by atoms with Gasteiger partial charge in [-0.3, -0.25) is 9.59 Å². The molecule has 0 bridgehead atoms. The van der Waals surface area contributed by atoms with Crippen molar-refractivity contribution in [3.63, 3.8) is 0 Å². The molecule has 1 aliphatic rings. The van der Waals surface area contributed by atoms with Gasteiger partial charge in [-0.25, -0.2) is 0 Å². The first kappa shape index (κ1) is 14.4. The van der Waals surface area contributed by atoms with Gasteiger partial charge >= 0.3 is 5.97 Å². The monoisotopic (exact) mass is 259 g/mol. The number of esters is 1. The lowest BCUT2D eigenvalue weighted by molar-refractivity contribution is -0.142. The zero-order valence-corrected chi connectivity index (χ0v) is 11.4. The van der Waals surface area contributed by atoms with E-state index in [0.29, 0.717) is 18.1 Å². The Morgan fingerprint density at radius 2 is 2.00 bits per heavy atom. The Balaban J connectivity index is 2.25. The molecule has 0 saturated carbocycles. The zero-order valence-electron chi connectivity index (χ0n) is 10.6. The fourth-order valence-electron chi connectivity index (χ4n) is 1.99. The van der Waals surface area contributed by atoms with Gasteiger partial charge in [-0.15, -0.1) is 0 Å². The number of nitrogens with zero attached hydrogens (tertiary/aromatic N) is 1. The molecule has 98 valence electrons. The number of rotatable bonds is 5. The molecule has 0 N–H and O–H groups in total. The highest BCUT2D eigenvalue weighted by molar-refractivity contribution is 7.99. The topological polar surface area (TPSA) is 46.6 Å². The summed E-state index contributed by atoms with van der Waals surface area (Å²) in [6.07, 6.45) is 2.32. The molecule has 1 saturated heterocycles. The summed E-state index contributed by atoms with van der Waals surface area (Å²) in [6.45, 7) is 3.62. The smallest absolute Gasteiger partial charge is 0.305 e. The molecule has 5 heteroatoms. The van der Waals surface area contributed by atoms with Crippen molar-refractivity contribution in [3.8, 4) is 0 Å². The Morgan fingerprint density at radius 1 is 1.35 bits per heavy atom. The van der Waals surface area contributed by atoms with Crippen molar-refractivity contribution in [2.45, 2.75) is 26.2 Å². The van der Waals surface area contributed by atoms with Crippen LogP contribution in [0.1, 0.15) is 26.2 Å². The summed E-state index contributed by atoms with van der Waals surface area (Å²) in [5.74, 6) is 2.03. The minimum absolute atomic E-state index is 0.142. The average Bonchev–Trinajstić information content (AvgIpc) is 2.36. The van der Waals surface area contributed by atoms with E-state index in [2.05, 4.69) is 11.7 Å². The maximum absolute atomic E-state index is 11.8. The summed E-state index contributed by atoms with van der Waals surface area (Å²) < 4.78 is 4.66. The minimum Gasteiger partial charge on any atom is -0.469 e. The van der Waals surface area contributed by atoms with Crippen LogP contribution in [0.25, 0.3) is 0 Å². The van der Waals surface area contributed by atoms with Crippen LogP contribution in [0.3, 0.4) is 0 Å². The van der Waals surface area contributed by atoms with E-state index in [1.54, 1.807) is 11.8 Å². The van der Waals surface area contributed by atoms with E-state index >= 15 is 0 Å². The number of amides is 1. The molecule has 0 aromatic rings. The van der Waals surface area contributed by atoms with Crippen LogP contribution in [0.2, 0.25) is 0 Å². The number of carbonyl (C=O) groups excluding carboxylic acids is 2. The molecule has 1 rings (SSSR count). The summed E-state index contributed by atoms with van der Waals surface area (Å²) >= 11 is 1.66. The first-order valence-corrected chi connectivity index (χ1v) is 7.25.